The molecule has 0 spiro atoms. The quantitative estimate of drug-likeness (QED) is 0.446. The van der Waals surface area contributed by atoms with Crippen LogP contribution in [0.3, 0.4) is 0 Å². The maximum absolute atomic E-state index is 12.8. The van der Waals surface area contributed by atoms with E-state index in [1.165, 1.54) is 4.68 Å². The van der Waals surface area contributed by atoms with E-state index in [4.69, 9.17) is 9.72 Å². The molecule has 1 aromatic carbocycles. The summed E-state index contributed by atoms with van der Waals surface area (Å²) in [5, 5.41) is 7.72. The molecule has 2 fully saturated rings. The second-order valence-corrected chi connectivity index (χ2v) is 9.15. The lowest BCUT2D eigenvalue weighted by molar-refractivity contribution is -0.119. The summed E-state index contributed by atoms with van der Waals surface area (Å²) < 4.78 is 35.5. The van der Waals surface area contributed by atoms with Crippen molar-refractivity contribution in [3.8, 4) is 17.1 Å². The van der Waals surface area contributed by atoms with Crippen LogP contribution in [0.5, 0.6) is 5.88 Å². The van der Waals surface area contributed by atoms with Gasteiger partial charge in [0.15, 0.2) is 0 Å². The molecule has 0 bridgehead atoms. The van der Waals surface area contributed by atoms with E-state index in [-0.39, 0.29) is 17.9 Å². The Morgan fingerprint density at radius 2 is 2.12 bits per heavy atom. The van der Waals surface area contributed by atoms with Crippen LogP contribution in [-0.4, -0.2) is 49.3 Å². The van der Waals surface area contributed by atoms with Crippen LogP contribution in [0.4, 0.5) is 8.78 Å². The van der Waals surface area contributed by atoms with Gasteiger partial charge in [0.1, 0.15) is 18.2 Å². The Hall–Kier alpha value is -3.56. The number of carbonyl (C=O) groups is 1. The zero-order valence-corrected chi connectivity index (χ0v) is 18.6. The highest BCUT2D eigenvalue weighted by Crippen LogP contribution is 2.40. The summed E-state index contributed by atoms with van der Waals surface area (Å²) in [6.45, 7) is 2.11. The van der Waals surface area contributed by atoms with Crippen molar-refractivity contribution in [1.29, 1.82) is 0 Å². The first kappa shape index (κ1) is 21.0. The third-order valence-corrected chi connectivity index (χ3v) is 6.68. The standard InChI is InChI=1S/C24H24F2N6O2/c1-13(15-7-22(33)27-9-15)34-24-23-19(28-12-31(23)17-3-4-17)8-18(30-24)14-2-5-20-16(6-14)10-29-32(20)11-21(25)26/h2,5-6,8,10,12-13,15,17,21H,3-4,7,9,11H2,1H3,(H,27,33)/t13-,15?/m1/s1. The van der Waals surface area contributed by atoms with E-state index >= 15 is 0 Å². The number of nitrogens with zero attached hydrogens (tertiary/aromatic N) is 5. The average Bonchev–Trinajstić information content (AvgIpc) is 3.22. The maximum Gasteiger partial charge on any atom is 0.257 e. The van der Waals surface area contributed by atoms with Crippen molar-refractivity contribution in [2.45, 2.75) is 51.3 Å². The predicted octanol–water partition coefficient (Wildman–Crippen LogP) is 3.95. The highest BCUT2D eigenvalue weighted by Gasteiger charge is 2.31. The molecular weight excluding hydrogens is 442 g/mol. The third kappa shape index (κ3) is 3.76. The van der Waals surface area contributed by atoms with Crippen molar-refractivity contribution >= 4 is 27.8 Å². The molecule has 1 N–H and O–H groups in total. The summed E-state index contributed by atoms with van der Waals surface area (Å²) in [6.07, 6.45) is 3.38. The van der Waals surface area contributed by atoms with Crippen LogP contribution in [0.2, 0.25) is 0 Å². The first-order chi connectivity index (χ1) is 16.5. The number of nitrogens with one attached hydrogen (secondary N) is 1. The van der Waals surface area contributed by atoms with Gasteiger partial charge in [0.2, 0.25) is 11.8 Å². The lowest BCUT2D eigenvalue weighted by atomic mass is 10.0. The molecule has 0 radical (unpaired) electrons. The summed E-state index contributed by atoms with van der Waals surface area (Å²) in [6, 6.07) is 7.86. The van der Waals surface area contributed by atoms with Crippen molar-refractivity contribution in [3.05, 3.63) is 36.8 Å². The summed E-state index contributed by atoms with van der Waals surface area (Å²) in [5.41, 5.74) is 3.79. The third-order valence-electron chi connectivity index (χ3n) is 6.68. The first-order valence-corrected chi connectivity index (χ1v) is 11.5. The summed E-state index contributed by atoms with van der Waals surface area (Å²) in [5.74, 6) is 0.607. The van der Waals surface area contributed by atoms with Crippen LogP contribution in [-0.2, 0) is 11.3 Å². The Bertz CT molecular complexity index is 1390. The number of aromatic nitrogens is 5. The van der Waals surface area contributed by atoms with E-state index in [0.717, 1.165) is 34.8 Å². The van der Waals surface area contributed by atoms with E-state index in [2.05, 4.69) is 20.0 Å². The zero-order chi connectivity index (χ0) is 23.4. The summed E-state index contributed by atoms with van der Waals surface area (Å²) in [4.78, 5) is 21.2. The van der Waals surface area contributed by atoms with Gasteiger partial charge in [-0.2, -0.15) is 5.10 Å². The van der Waals surface area contributed by atoms with E-state index in [0.29, 0.717) is 36.1 Å². The lowest BCUT2D eigenvalue weighted by Gasteiger charge is -2.20. The topological polar surface area (TPSA) is 86.9 Å². The predicted molar refractivity (Wildman–Crippen MR) is 122 cm³/mol. The molecule has 1 aliphatic heterocycles. The van der Waals surface area contributed by atoms with E-state index in [1.807, 2.05) is 31.5 Å². The van der Waals surface area contributed by atoms with Gasteiger partial charge in [0, 0.05) is 35.9 Å². The first-order valence-electron chi connectivity index (χ1n) is 11.5. The maximum atomic E-state index is 12.8. The van der Waals surface area contributed by atoms with Gasteiger partial charge in [-0.05, 0) is 38.0 Å². The molecule has 1 saturated carbocycles. The van der Waals surface area contributed by atoms with Gasteiger partial charge in [-0.15, -0.1) is 0 Å². The second kappa shape index (κ2) is 8.03. The summed E-state index contributed by atoms with van der Waals surface area (Å²) >= 11 is 0. The molecule has 176 valence electrons. The normalized spacial score (nSPS) is 19.3. The Morgan fingerprint density at radius 1 is 1.26 bits per heavy atom. The monoisotopic (exact) mass is 466 g/mol. The van der Waals surface area contributed by atoms with Gasteiger partial charge in [0.05, 0.1) is 29.3 Å². The van der Waals surface area contributed by atoms with E-state index < -0.39 is 13.0 Å². The number of ether oxygens (including phenoxy) is 1. The van der Waals surface area contributed by atoms with Gasteiger partial charge in [-0.25, -0.2) is 18.7 Å². The molecule has 1 amide bonds. The largest absolute Gasteiger partial charge is 0.473 e. The molecule has 1 saturated heterocycles. The molecule has 34 heavy (non-hydrogen) atoms. The molecule has 4 heterocycles. The smallest absolute Gasteiger partial charge is 0.257 e. The van der Waals surface area contributed by atoms with Crippen LogP contribution in [0.15, 0.2) is 36.8 Å². The number of hydrogen-bond donors (Lipinski definition) is 1. The van der Waals surface area contributed by atoms with Crippen LogP contribution in [0.1, 0.15) is 32.2 Å². The minimum absolute atomic E-state index is 0.0380. The molecule has 2 atom stereocenters. The van der Waals surface area contributed by atoms with Crippen LogP contribution < -0.4 is 10.1 Å². The average molecular weight is 466 g/mol. The van der Waals surface area contributed by atoms with Crippen molar-refractivity contribution in [3.63, 3.8) is 0 Å². The fourth-order valence-electron chi connectivity index (χ4n) is 4.64. The highest BCUT2D eigenvalue weighted by atomic mass is 19.3. The molecular formula is C24H24F2N6O2. The molecule has 10 heteroatoms. The molecule has 2 aliphatic rings. The van der Waals surface area contributed by atoms with Crippen molar-refractivity contribution < 1.29 is 18.3 Å². The number of imidazole rings is 1. The number of hydrogen-bond acceptors (Lipinski definition) is 5. The SMILES string of the molecule is C[C@@H](Oc1nc(-c2ccc3c(cnn3CC(F)F)c2)cc2ncn(C3CC3)c12)C1CNC(=O)C1. The fourth-order valence-corrected chi connectivity index (χ4v) is 4.64. The van der Waals surface area contributed by atoms with Gasteiger partial charge in [-0.1, -0.05) is 6.07 Å². The Kier molecular flexibility index (Phi) is 4.96. The molecule has 1 unspecified atom stereocenters. The number of carbonyl (C=O) groups excluding carboxylic acids is 1. The van der Waals surface area contributed by atoms with Crippen LogP contribution in [0, 0.1) is 5.92 Å². The number of alkyl halides is 2. The number of pyridine rings is 1. The van der Waals surface area contributed by atoms with Crippen LogP contribution in [0.25, 0.3) is 33.2 Å². The molecule has 1 aliphatic carbocycles. The molecule has 3 aromatic heterocycles. The lowest BCUT2D eigenvalue weighted by Crippen LogP contribution is -2.26. The number of amides is 1. The molecule has 4 aromatic rings. The Morgan fingerprint density at radius 3 is 2.85 bits per heavy atom. The van der Waals surface area contributed by atoms with Crippen LogP contribution >= 0.6 is 0 Å². The molecule has 8 nitrogen and oxygen atoms in total. The van der Waals surface area contributed by atoms with Gasteiger partial charge >= 0.3 is 0 Å². The Balaban J connectivity index is 1.40. The second-order valence-electron chi connectivity index (χ2n) is 9.15. The number of rotatable bonds is 7. The highest BCUT2D eigenvalue weighted by molar-refractivity contribution is 5.88. The van der Waals surface area contributed by atoms with Crippen molar-refractivity contribution in [1.82, 2.24) is 29.6 Å². The van der Waals surface area contributed by atoms with E-state index in [9.17, 15) is 13.6 Å². The van der Waals surface area contributed by atoms with Gasteiger partial charge in [-0.3, -0.25) is 9.48 Å². The summed E-state index contributed by atoms with van der Waals surface area (Å²) in [7, 11) is 0. The Labute approximate surface area is 193 Å². The number of fused-ring (bicyclic) bond motifs is 2. The van der Waals surface area contributed by atoms with Gasteiger partial charge < -0.3 is 14.6 Å². The fraction of sp³-hybridized carbons (Fsp3) is 0.417. The van der Waals surface area contributed by atoms with E-state index in [1.54, 1.807) is 12.3 Å². The molecule has 6 rings (SSSR count). The number of benzene rings is 1. The minimum Gasteiger partial charge on any atom is -0.473 e. The van der Waals surface area contributed by atoms with Gasteiger partial charge in [0.25, 0.3) is 6.43 Å². The van der Waals surface area contributed by atoms with Crippen molar-refractivity contribution in [2.75, 3.05) is 6.54 Å². The number of halogens is 2. The minimum atomic E-state index is -2.47. The zero-order valence-electron chi connectivity index (χ0n) is 18.6. The van der Waals surface area contributed by atoms with Crippen molar-refractivity contribution in [2.24, 2.45) is 5.92 Å².